The minimum Gasteiger partial charge on any atom is -0.463 e. The van der Waals surface area contributed by atoms with Crippen LogP contribution in [0.2, 0.25) is 0 Å². The molecule has 0 bridgehead atoms. The maximum absolute atomic E-state index is 14.0. The number of carbonyl (C=O) groups excluding carboxylic acids is 3. The lowest BCUT2D eigenvalue weighted by Gasteiger charge is -2.42. The minimum absolute atomic E-state index is 0.0129. The van der Waals surface area contributed by atoms with E-state index in [4.69, 9.17) is 4.74 Å². The Balaban J connectivity index is 1.62. The molecule has 35 heavy (non-hydrogen) atoms. The van der Waals surface area contributed by atoms with Crippen LogP contribution in [-0.4, -0.2) is 78.5 Å². The fourth-order valence-electron chi connectivity index (χ4n) is 4.57. The predicted octanol–water partition coefficient (Wildman–Crippen LogP) is 3.25. The number of nitrogens with zero attached hydrogens (tertiary/aromatic N) is 3. The van der Waals surface area contributed by atoms with E-state index in [1.807, 2.05) is 29.3 Å². The fourth-order valence-corrected chi connectivity index (χ4v) is 5.25. The van der Waals surface area contributed by atoms with Crippen molar-refractivity contribution in [2.75, 3.05) is 39.8 Å². The Morgan fingerprint density at radius 1 is 1.23 bits per heavy atom. The van der Waals surface area contributed by atoms with E-state index in [2.05, 4.69) is 10.2 Å². The summed E-state index contributed by atoms with van der Waals surface area (Å²) in [7, 11) is 1.60. The van der Waals surface area contributed by atoms with Gasteiger partial charge in [0, 0.05) is 45.0 Å². The molecule has 1 aromatic carbocycles. The van der Waals surface area contributed by atoms with Crippen LogP contribution >= 0.6 is 11.3 Å². The van der Waals surface area contributed by atoms with Crippen LogP contribution in [0.15, 0.2) is 53.0 Å². The van der Waals surface area contributed by atoms with Gasteiger partial charge in [-0.1, -0.05) is 18.2 Å². The Labute approximate surface area is 207 Å². The highest BCUT2D eigenvalue weighted by molar-refractivity contribution is 7.12. The lowest BCUT2D eigenvalue weighted by atomic mass is 9.94. The third-order valence-electron chi connectivity index (χ3n) is 6.33. The van der Waals surface area contributed by atoms with Gasteiger partial charge in [-0.15, -0.1) is 11.3 Å². The zero-order chi connectivity index (χ0) is 25.1. The minimum atomic E-state index is -0.831. The summed E-state index contributed by atoms with van der Waals surface area (Å²) in [4.78, 5) is 44.9. The van der Waals surface area contributed by atoms with Crippen molar-refractivity contribution in [1.29, 1.82) is 0 Å². The van der Waals surface area contributed by atoms with E-state index in [0.717, 1.165) is 0 Å². The summed E-state index contributed by atoms with van der Waals surface area (Å²) in [6.45, 7) is 5.89. The molecule has 186 valence electrons. The number of piperazine rings is 1. The molecule has 8 nitrogen and oxygen atoms in total. The molecule has 1 aromatic heterocycles. The molecule has 0 aliphatic carbocycles. The van der Waals surface area contributed by atoms with Crippen molar-refractivity contribution in [1.82, 2.24) is 20.0 Å². The van der Waals surface area contributed by atoms with E-state index >= 15 is 0 Å². The van der Waals surface area contributed by atoms with Crippen LogP contribution in [0.3, 0.4) is 0 Å². The number of halogens is 1. The maximum atomic E-state index is 14.0. The van der Waals surface area contributed by atoms with Crippen LogP contribution in [0.25, 0.3) is 0 Å². The summed E-state index contributed by atoms with van der Waals surface area (Å²) >= 11 is 1.42. The van der Waals surface area contributed by atoms with Crippen molar-refractivity contribution in [3.63, 3.8) is 0 Å². The molecule has 2 aliphatic rings. The van der Waals surface area contributed by atoms with Gasteiger partial charge in [0.05, 0.1) is 23.1 Å². The molecule has 1 N–H and O–H groups in total. The summed E-state index contributed by atoms with van der Waals surface area (Å²) in [6, 6.07) is 8.26. The zero-order valence-corrected chi connectivity index (χ0v) is 20.8. The normalized spacial score (nSPS) is 21.2. The van der Waals surface area contributed by atoms with Crippen LogP contribution in [0.4, 0.5) is 9.18 Å². The van der Waals surface area contributed by atoms with Crippen LogP contribution in [0.1, 0.15) is 35.1 Å². The number of esters is 1. The highest BCUT2D eigenvalue weighted by Crippen LogP contribution is 2.32. The molecule has 3 amide bonds. The summed E-state index contributed by atoms with van der Waals surface area (Å²) in [5, 5.41) is 4.69. The van der Waals surface area contributed by atoms with Gasteiger partial charge in [0.15, 0.2) is 0 Å². The van der Waals surface area contributed by atoms with Crippen LogP contribution < -0.4 is 5.32 Å². The molecule has 2 aliphatic heterocycles. The first-order chi connectivity index (χ1) is 16.8. The fraction of sp³-hybridized carbons (Fsp3) is 0.400. The van der Waals surface area contributed by atoms with Crippen molar-refractivity contribution < 1.29 is 23.5 Å². The van der Waals surface area contributed by atoms with E-state index in [-0.39, 0.29) is 30.2 Å². The number of benzene rings is 1. The van der Waals surface area contributed by atoms with Gasteiger partial charge in [-0.3, -0.25) is 14.6 Å². The number of likely N-dealkylation sites (N-methyl/N-ethyl adjacent to an activating group) is 1. The Bertz CT molecular complexity index is 1140. The van der Waals surface area contributed by atoms with Crippen molar-refractivity contribution in [2.24, 2.45) is 0 Å². The van der Waals surface area contributed by atoms with E-state index in [1.165, 1.54) is 28.4 Å². The SMILES string of the molecule is CCOC(=O)C1=C(CN2CCN(C(=O)c3cccs3)[C@@H](C)C2)N(C)C(=O)N[C@H]1c1cccc(F)c1. The summed E-state index contributed by atoms with van der Waals surface area (Å²) in [5.41, 5.74) is 1.25. The first-order valence-electron chi connectivity index (χ1n) is 11.6. The number of amides is 3. The van der Waals surface area contributed by atoms with Gasteiger partial charge < -0.3 is 15.0 Å². The molecule has 2 atom stereocenters. The highest BCUT2D eigenvalue weighted by atomic mass is 32.1. The third kappa shape index (κ3) is 5.23. The van der Waals surface area contributed by atoms with Crippen molar-refractivity contribution in [3.05, 3.63) is 69.3 Å². The molecular weight excluding hydrogens is 471 g/mol. The molecule has 0 unspecified atom stereocenters. The summed E-state index contributed by atoms with van der Waals surface area (Å²) < 4.78 is 19.3. The predicted molar refractivity (Wildman–Crippen MR) is 130 cm³/mol. The van der Waals surface area contributed by atoms with Gasteiger partial charge in [0.2, 0.25) is 0 Å². The van der Waals surface area contributed by atoms with Crippen LogP contribution in [0, 0.1) is 5.82 Å². The summed E-state index contributed by atoms with van der Waals surface area (Å²) in [6.07, 6.45) is 0. The number of urea groups is 1. The number of carbonyl (C=O) groups is 3. The number of ether oxygens (including phenoxy) is 1. The molecule has 3 heterocycles. The lowest BCUT2D eigenvalue weighted by molar-refractivity contribution is -0.139. The van der Waals surface area contributed by atoms with Gasteiger partial charge in [0.1, 0.15) is 5.82 Å². The standard InChI is InChI=1S/C25H29FN4O4S/c1-4-34-24(32)21-19(28(3)25(33)27-22(21)17-7-5-8-18(26)13-17)15-29-10-11-30(16(2)14-29)23(31)20-9-6-12-35-20/h5-9,12-13,16,22H,4,10-11,14-15H2,1-3H3,(H,27,33)/t16-,22-/m0/s1. The van der Waals surface area contributed by atoms with Crippen molar-refractivity contribution in [3.8, 4) is 0 Å². The second-order valence-corrected chi connectivity index (χ2v) is 9.59. The average molecular weight is 501 g/mol. The Hall–Kier alpha value is -3.24. The molecule has 0 saturated carbocycles. The zero-order valence-electron chi connectivity index (χ0n) is 20.0. The van der Waals surface area contributed by atoms with Crippen molar-refractivity contribution >= 4 is 29.2 Å². The summed E-state index contributed by atoms with van der Waals surface area (Å²) in [5.74, 6) is -0.997. The van der Waals surface area contributed by atoms with E-state index in [9.17, 15) is 18.8 Å². The van der Waals surface area contributed by atoms with Crippen LogP contribution in [-0.2, 0) is 9.53 Å². The van der Waals surface area contributed by atoms with Gasteiger partial charge >= 0.3 is 12.0 Å². The molecule has 0 spiro atoms. The molecule has 10 heteroatoms. The Morgan fingerprint density at radius 2 is 2.03 bits per heavy atom. The Kier molecular flexibility index (Phi) is 7.51. The first kappa shape index (κ1) is 24.9. The topological polar surface area (TPSA) is 82.2 Å². The second kappa shape index (κ2) is 10.6. The number of hydrogen-bond donors (Lipinski definition) is 1. The molecule has 2 aromatic rings. The second-order valence-electron chi connectivity index (χ2n) is 8.64. The maximum Gasteiger partial charge on any atom is 0.338 e. The van der Waals surface area contributed by atoms with Crippen molar-refractivity contribution in [2.45, 2.75) is 25.9 Å². The third-order valence-corrected chi connectivity index (χ3v) is 7.19. The molecule has 4 rings (SSSR count). The number of rotatable bonds is 6. The largest absolute Gasteiger partial charge is 0.463 e. The van der Waals surface area contributed by atoms with Crippen LogP contribution in [0.5, 0.6) is 0 Å². The number of nitrogens with one attached hydrogen (secondary N) is 1. The van der Waals surface area contributed by atoms with E-state index < -0.39 is 17.8 Å². The smallest absolute Gasteiger partial charge is 0.338 e. The number of thiophene rings is 1. The number of hydrogen-bond acceptors (Lipinski definition) is 6. The monoisotopic (exact) mass is 500 g/mol. The molecular formula is C25H29FN4O4S. The average Bonchev–Trinajstić information content (AvgIpc) is 3.37. The van der Waals surface area contributed by atoms with E-state index in [1.54, 1.807) is 26.1 Å². The molecule has 0 radical (unpaired) electrons. The quantitative estimate of drug-likeness (QED) is 0.616. The van der Waals surface area contributed by atoms with E-state index in [0.29, 0.717) is 42.3 Å². The Morgan fingerprint density at radius 3 is 2.69 bits per heavy atom. The van der Waals surface area contributed by atoms with Gasteiger partial charge in [-0.05, 0) is 43.0 Å². The first-order valence-corrected chi connectivity index (χ1v) is 12.4. The van der Waals surface area contributed by atoms with Gasteiger partial charge in [-0.25, -0.2) is 14.0 Å². The lowest BCUT2D eigenvalue weighted by Crippen LogP contribution is -2.56. The van der Waals surface area contributed by atoms with Gasteiger partial charge in [-0.2, -0.15) is 0 Å². The molecule has 1 saturated heterocycles. The highest BCUT2D eigenvalue weighted by Gasteiger charge is 2.38. The molecule has 1 fully saturated rings. The van der Waals surface area contributed by atoms with Gasteiger partial charge in [0.25, 0.3) is 5.91 Å².